The van der Waals surface area contributed by atoms with Crippen molar-refractivity contribution in [2.45, 2.75) is 33.3 Å². The summed E-state index contributed by atoms with van der Waals surface area (Å²) in [5.41, 5.74) is 2.63. The highest BCUT2D eigenvalue weighted by molar-refractivity contribution is 8.00. The van der Waals surface area contributed by atoms with Crippen molar-refractivity contribution in [1.82, 2.24) is 4.98 Å². The van der Waals surface area contributed by atoms with Crippen molar-refractivity contribution < 1.29 is 14.5 Å². The number of nitrogens with zero attached hydrogens (tertiary/aromatic N) is 3. The van der Waals surface area contributed by atoms with Crippen molar-refractivity contribution in [3.8, 4) is 11.3 Å². The van der Waals surface area contributed by atoms with Crippen LogP contribution in [0.4, 0.5) is 27.0 Å². The number of thioether (sulfide) groups is 2. The van der Waals surface area contributed by atoms with Crippen LogP contribution in [-0.4, -0.2) is 38.4 Å². The van der Waals surface area contributed by atoms with Crippen molar-refractivity contribution >= 4 is 69.0 Å². The molecule has 12 heteroatoms. The molecule has 43 heavy (non-hydrogen) atoms. The highest BCUT2D eigenvalue weighted by atomic mass is 32.2. The lowest BCUT2D eigenvalue weighted by atomic mass is 10.1. The number of nitro groups is 1. The number of hydrogen-bond acceptors (Lipinski definition) is 8. The monoisotopic (exact) mass is 627 g/mol. The Balaban J connectivity index is 1.11. The number of carbonyl (C=O) groups excluding carboxylic acids is 2. The molecule has 2 N–H and O–H groups in total. The zero-order valence-corrected chi connectivity index (χ0v) is 25.2. The maximum atomic E-state index is 13.6. The van der Waals surface area contributed by atoms with Crippen LogP contribution in [-0.2, 0) is 4.79 Å². The van der Waals surface area contributed by atoms with Crippen molar-refractivity contribution in [1.29, 1.82) is 0 Å². The summed E-state index contributed by atoms with van der Waals surface area (Å²) in [5, 5.41) is 18.8. The molecule has 216 valence electrons. The van der Waals surface area contributed by atoms with Crippen LogP contribution in [0.3, 0.4) is 0 Å². The summed E-state index contributed by atoms with van der Waals surface area (Å²) in [6.07, 6.45) is 8.16. The molecule has 2 aliphatic rings. The van der Waals surface area contributed by atoms with Crippen molar-refractivity contribution in [2.75, 3.05) is 15.5 Å². The molecule has 0 radical (unpaired) electrons. The number of para-hydroxylation sites is 1. The third-order valence-corrected chi connectivity index (χ3v) is 9.97. The summed E-state index contributed by atoms with van der Waals surface area (Å²) < 4.78 is 0. The first kappa shape index (κ1) is 28.7. The summed E-state index contributed by atoms with van der Waals surface area (Å²) in [4.78, 5) is 45.4. The Morgan fingerprint density at radius 3 is 2.70 bits per heavy atom. The van der Waals surface area contributed by atoms with Gasteiger partial charge in [-0.2, -0.15) is 0 Å². The second kappa shape index (κ2) is 12.5. The molecule has 3 amide bonds. The van der Waals surface area contributed by atoms with Crippen LogP contribution < -0.4 is 15.5 Å². The zero-order valence-electron chi connectivity index (χ0n) is 22.7. The van der Waals surface area contributed by atoms with E-state index in [0.717, 1.165) is 15.5 Å². The van der Waals surface area contributed by atoms with E-state index >= 15 is 0 Å². The molecule has 9 nitrogen and oxygen atoms in total. The molecular formula is C31H25N5O4S3. The van der Waals surface area contributed by atoms with Gasteiger partial charge in [-0.05, 0) is 37.3 Å². The molecule has 0 spiro atoms. The Morgan fingerprint density at radius 2 is 1.84 bits per heavy atom. The van der Waals surface area contributed by atoms with Crippen LogP contribution in [0.25, 0.3) is 11.3 Å². The lowest BCUT2D eigenvalue weighted by molar-refractivity contribution is -0.384. The lowest BCUT2D eigenvalue weighted by Crippen LogP contribution is -2.49. The normalized spacial score (nSPS) is 17.5. The summed E-state index contributed by atoms with van der Waals surface area (Å²) in [7, 11) is 0. The SMILES string of the molecule is CC(Sc1cccc(NC(=O)N2c3ccccc3SC3C=CC=CC32)c1)C(=O)Nc1nc(-c2cccc([N+](=O)[O-])c2)cs1. The molecule has 1 aliphatic carbocycles. The molecule has 4 aromatic rings. The van der Waals surface area contributed by atoms with Gasteiger partial charge in [-0.1, -0.05) is 54.6 Å². The van der Waals surface area contributed by atoms with Gasteiger partial charge in [0.1, 0.15) is 0 Å². The number of fused-ring (bicyclic) bond motifs is 2. The van der Waals surface area contributed by atoms with Gasteiger partial charge < -0.3 is 10.6 Å². The molecule has 3 atom stereocenters. The minimum Gasteiger partial charge on any atom is -0.307 e. The van der Waals surface area contributed by atoms with Crippen LogP contribution in [0, 0.1) is 10.1 Å². The minimum atomic E-state index is -0.456. The molecule has 3 aromatic carbocycles. The van der Waals surface area contributed by atoms with Gasteiger partial charge >= 0.3 is 6.03 Å². The van der Waals surface area contributed by atoms with E-state index in [-0.39, 0.29) is 28.9 Å². The van der Waals surface area contributed by atoms with Gasteiger partial charge in [0.25, 0.3) is 5.69 Å². The number of thiazole rings is 1. The number of allylic oxidation sites excluding steroid dienone is 2. The second-order valence-electron chi connectivity index (χ2n) is 9.73. The van der Waals surface area contributed by atoms with Gasteiger partial charge in [-0.3, -0.25) is 19.8 Å². The number of non-ortho nitro benzene ring substituents is 1. The van der Waals surface area contributed by atoms with Crippen LogP contribution in [0.1, 0.15) is 6.92 Å². The predicted octanol–water partition coefficient (Wildman–Crippen LogP) is 7.85. The molecule has 6 rings (SSSR count). The lowest BCUT2D eigenvalue weighted by Gasteiger charge is -2.40. The van der Waals surface area contributed by atoms with E-state index in [9.17, 15) is 19.7 Å². The van der Waals surface area contributed by atoms with Crippen LogP contribution in [0.2, 0.25) is 0 Å². The number of anilines is 3. The summed E-state index contributed by atoms with van der Waals surface area (Å²) in [6, 6.07) is 21.2. The van der Waals surface area contributed by atoms with Crippen LogP contribution in [0.15, 0.2) is 112 Å². The number of amides is 3. The topological polar surface area (TPSA) is 117 Å². The Labute approximate surface area is 260 Å². The quantitative estimate of drug-likeness (QED) is 0.122. The molecule has 0 bridgehead atoms. The van der Waals surface area contributed by atoms with Gasteiger partial charge in [-0.25, -0.2) is 9.78 Å². The fourth-order valence-corrected chi connectivity index (χ4v) is 7.67. The largest absolute Gasteiger partial charge is 0.326 e. The average Bonchev–Trinajstić information content (AvgIpc) is 3.48. The van der Waals surface area contributed by atoms with Gasteiger partial charge in [0, 0.05) is 38.6 Å². The van der Waals surface area contributed by atoms with Gasteiger partial charge in [0.05, 0.1) is 32.8 Å². The smallest absolute Gasteiger partial charge is 0.307 e. The highest BCUT2D eigenvalue weighted by Crippen LogP contribution is 2.43. The number of hydrogen-bond donors (Lipinski definition) is 2. The Hall–Kier alpha value is -4.39. The average molecular weight is 628 g/mol. The van der Waals surface area contributed by atoms with Gasteiger partial charge in [-0.15, -0.1) is 34.9 Å². The first-order valence-corrected chi connectivity index (χ1v) is 16.0. The molecule has 1 aromatic heterocycles. The van der Waals surface area contributed by atoms with Crippen molar-refractivity contribution in [3.05, 3.63) is 113 Å². The number of benzene rings is 3. The third kappa shape index (κ3) is 6.36. The van der Waals surface area contributed by atoms with E-state index in [2.05, 4.69) is 27.8 Å². The van der Waals surface area contributed by atoms with Crippen LogP contribution >= 0.6 is 34.9 Å². The molecule has 1 aliphatic heterocycles. The highest BCUT2D eigenvalue weighted by Gasteiger charge is 2.36. The fourth-order valence-electron chi connectivity index (χ4n) is 4.76. The number of carbonyl (C=O) groups is 2. The van der Waals surface area contributed by atoms with E-state index in [4.69, 9.17) is 0 Å². The summed E-state index contributed by atoms with van der Waals surface area (Å²) in [6.45, 7) is 1.80. The van der Waals surface area contributed by atoms with Gasteiger partial charge in [0.2, 0.25) is 5.91 Å². The maximum Gasteiger partial charge on any atom is 0.326 e. The van der Waals surface area contributed by atoms with E-state index in [0.29, 0.717) is 22.1 Å². The predicted molar refractivity (Wildman–Crippen MR) is 174 cm³/mol. The number of nitro benzene ring substituents is 1. The third-order valence-electron chi connectivity index (χ3n) is 6.82. The molecule has 0 saturated heterocycles. The minimum absolute atomic E-state index is 0.0218. The number of nitrogens with one attached hydrogen (secondary N) is 2. The molecule has 2 heterocycles. The summed E-state index contributed by atoms with van der Waals surface area (Å²) in [5.74, 6) is -0.231. The standard InChI is InChI=1S/C31H25N5O4S3/c1-19(29(37)34-30-33-24(18-41-30)20-8-6-10-22(16-20)36(39)40)42-23-11-7-9-21(17-23)32-31(38)35-25-12-2-4-14-27(25)43-28-15-5-3-13-26(28)35/h2-19,25,27H,1H3,(H,32,38)(H,33,34,37). The van der Waals surface area contributed by atoms with Crippen LogP contribution in [0.5, 0.6) is 0 Å². The van der Waals surface area contributed by atoms with E-state index < -0.39 is 10.2 Å². The second-order valence-corrected chi connectivity index (χ2v) is 13.2. The van der Waals surface area contributed by atoms with E-state index in [1.54, 1.807) is 36.2 Å². The maximum absolute atomic E-state index is 13.6. The number of urea groups is 1. The molecule has 3 unspecified atom stereocenters. The Kier molecular flexibility index (Phi) is 8.32. The molecule has 0 saturated carbocycles. The number of rotatable bonds is 7. The Bertz CT molecular complexity index is 1770. The van der Waals surface area contributed by atoms with Gasteiger partial charge in [0.15, 0.2) is 5.13 Å². The fraction of sp³-hybridized carbons (Fsp3) is 0.129. The van der Waals surface area contributed by atoms with E-state index in [1.807, 2.05) is 65.6 Å². The number of aromatic nitrogens is 1. The molecular weight excluding hydrogens is 603 g/mol. The van der Waals surface area contributed by atoms with Crippen molar-refractivity contribution in [2.24, 2.45) is 0 Å². The zero-order chi connectivity index (χ0) is 29.9. The summed E-state index contributed by atoms with van der Waals surface area (Å²) >= 11 is 4.37. The Morgan fingerprint density at radius 1 is 1.02 bits per heavy atom. The van der Waals surface area contributed by atoms with E-state index in [1.165, 1.54) is 35.2 Å². The van der Waals surface area contributed by atoms with Crippen molar-refractivity contribution in [3.63, 3.8) is 0 Å². The molecule has 0 fully saturated rings. The first-order chi connectivity index (χ1) is 20.9. The first-order valence-electron chi connectivity index (χ1n) is 13.3.